The summed E-state index contributed by atoms with van der Waals surface area (Å²) < 4.78 is 0. The number of piperidine rings is 1. The van der Waals surface area contributed by atoms with Crippen molar-refractivity contribution >= 4 is 5.91 Å². The lowest BCUT2D eigenvalue weighted by Gasteiger charge is -2.35. The van der Waals surface area contributed by atoms with Gasteiger partial charge in [0, 0.05) is 19.6 Å². The highest BCUT2D eigenvalue weighted by molar-refractivity contribution is 5.80. The molecule has 4 heteroatoms. The molecule has 15 heavy (non-hydrogen) atoms. The van der Waals surface area contributed by atoms with Crippen LogP contribution in [0, 0.1) is 0 Å². The predicted molar refractivity (Wildman–Crippen MR) is 61.6 cm³/mol. The van der Waals surface area contributed by atoms with Crippen molar-refractivity contribution in [3.63, 3.8) is 0 Å². The largest absolute Gasteiger partial charge is 0.343 e. The van der Waals surface area contributed by atoms with Crippen LogP contribution >= 0.6 is 0 Å². The van der Waals surface area contributed by atoms with Crippen molar-refractivity contribution in [1.82, 2.24) is 9.80 Å². The summed E-state index contributed by atoms with van der Waals surface area (Å²) in [6.45, 7) is 3.69. The average Bonchev–Trinajstić information content (AvgIpc) is 2.20. The van der Waals surface area contributed by atoms with Crippen LogP contribution in [0.3, 0.4) is 0 Å². The van der Waals surface area contributed by atoms with Crippen LogP contribution in [0.5, 0.6) is 0 Å². The summed E-state index contributed by atoms with van der Waals surface area (Å²) in [5, 5.41) is 0. The molecule has 4 nitrogen and oxygen atoms in total. The molecule has 1 aliphatic heterocycles. The standard InChI is InChI=1S/C11H23N3O/c1-9(12)11(15)14(3)8-10-6-4-5-7-13(10)2/h9-10H,4-8,12H2,1-3H3/t9-,10+/m0/s1. The van der Waals surface area contributed by atoms with Gasteiger partial charge in [-0.2, -0.15) is 0 Å². The fourth-order valence-corrected chi connectivity index (χ4v) is 2.13. The maximum atomic E-state index is 11.6. The smallest absolute Gasteiger partial charge is 0.238 e. The molecule has 2 atom stereocenters. The van der Waals surface area contributed by atoms with Crippen LogP contribution in [0.15, 0.2) is 0 Å². The van der Waals surface area contributed by atoms with E-state index in [1.165, 1.54) is 19.3 Å². The fourth-order valence-electron chi connectivity index (χ4n) is 2.13. The number of likely N-dealkylation sites (N-methyl/N-ethyl adjacent to an activating group) is 2. The minimum atomic E-state index is -0.385. The van der Waals surface area contributed by atoms with Gasteiger partial charge in [-0.05, 0) is 33.4 Å². The predicted octanol–water partition coefficient (Wildman–Crippen LogP) is 0.276. The number of rotatable bonds is 3. The molecule has 0 radical (unpaired) electrons. The number of nitrogens with two attached hydrogens (primary N) is 1. The van der Waals surface area contributed by atoms with Crippen molar-refractivity contribution in [2.24, 2.45) is 5.73 Å². The second-order valence-corrected chi connectivity index (χ2v) is 4.64. The van der Waals surface area contributed by atoms with Crippen molar-refractivity contribution in [2.45, 2.75) is 38.3 Å². The van der Waals surface area contributed by atoms with Crippen LogP contribution in [0.1, 0.15) is 26.2 Å². The Morgan fingerprint density at radius 3 is 2.80 bits per heavy atom. The highest BCUT2D eigenvalue weighted by atomic mass is 16.2. The molecule has 0 aromatic rings. The minimum absolute atomic E-state index is 0.0361. The van der Waals surface area contributed by atoms with E-state index in [1.807, 2.05) is 7.05 Å². The summed E-state index contributed by atoms with van der Waals surface area (Å²) in [4.78, 5) is 15.7. The molecule has 0 aromatic carbocycles. The van der Waals surface area contributed by atoms with Crippen molar-refractivity contribution in [2.75, 3.05) is 27.2 Å². The maximum Gasteiger partial charge on any atom is 0.238 e. The zero-order valence-electron chi connectivity index (χ0n) is 10.1. The van der Waals surface area contributed by atoms with Crippen molar-refractivity contribution in [1.29, 1.82) is 0 Å². The molecule has 0 aliphatic carbocycles. The third kappa shape index (κ3) is 3.47. The van der Waals surface area contributed by atoms with E-state index in [0.29, 0.717) is 6.04 Å². The molecule has 0 spiro atoms. The van der Waals surface area contributed by atoms with E-state index in [2.05, 4.69) is 11.9 Å². The number of hydrogen-bond acceptors (Lipinski definition) is 3. The van der Waals surface area contributed by atoms with Crippen LogP contribution in [0.2, 0.25) is 0 Å². The summed E-state index contributed by atoms with van der Waals surface area (Å²) in [7, 11) is 3.97. The summed E-state index contributed by atoms with van der Waals surface area (Å²) in [5.74, 6) is 0.0361. The van der Waals surface area contributed by atoms with Crippen LogP contribution in [-0.4, -0.2) is 55.0 Å². The van der Waals surface area contributed by atoms with Crippen molar-refractivity contribution in [3.05, 3.63) is 0 Å². The van der Waals surface area contributed by atoms with E-state index < -0.39 is 0 Å². The monoisotopic (exact) mass is 213 g/mol. The van der Waals surface area contributed by atoms with Gasteiger partial charge in [0.1, 0.15) is 0 Å². The Morgan fingerprint density at radius 1 is 1.60 bits per heavy atom. The van der Waals surface area contributed by atoms with Crippen molar-refractivity contribution < 1.29 is 4.79 Å². The molecule has 0 unspecified atom stereocenters. The van der Waals surface area contributed by atoms with Crippen LogP contribution in [0.25, 0.3) is 0 Å². The fraction of sp³-hybridized carbons (Fsp3) is 0.909. The lowest BCUT2D eigenvalue weighted by molar-refractivity contribution is -0.131. The first-order chi connectivity index (χ1) is 7.02. The Bertz CT molecular complexity index is 218. The molecule has 1 amide bonds. The Hall–Kier alpha value is -0.610. The first-order valence-electron chi connectivity index (χ1n) is 5.73. The first-order valence-corrected chi connectivity index (χ1v) is 5.73. The quantitative estimate of drug-likeness (QED) is 0.732. The second kappa shape index (κ2) is 5.47. The lowest BCUT2D eigenvalue weighted by atomic mass is 10.0. The Balaban J connectivity index is 2.42. The van der Waals surface area contributed by atoms with Crippen LogP contribution < -0.4 is 5.73 Å². The number of nitrogens with zero attached hydrogens (tertiary/aromatic N) is 2. The molecular formula is C11H23N3O. The van der Waals surface area contributed by atoms with Gasteiger partial charge in [0.2, 0.25) is 5.91 Å². The number of carbonyl (C=O) groups is 1. The summed E-state index contributed by atoms with van der Waals surface area (Å²) >= 11 is 0. The third-order valence-corrected chi connectivity index (χ3v) is 3.17. The van der Waals surface area contributed by atoms with E-state index in [4.69, 9.17) is 5.73 Å². The van der Waals surface area contributed by atoms with Gasteiger partial charge >= 0.3 is 0 Å². The SMILES string of the molecule is C[C@H](N)C(=O)N(C)C[C@H]1CCCCN1C. The topological polar surface area (TPSA) is 49.6 Å². The first kappa shape index (κ1) is 12.5. The van der Waals surface area contributed by atoms with Crippen LogP contribution in [-0.2, 0) is 4.79 Å². The molecule has 88 valence electrons. The lowest BCUT2D eigenvalue weighted by Crippen LogP contribution is -2.48. The zero-order chi connectivity index (χ0) is 11.4. The molecule has 1 aliphatic rings. The molecule has 1 saturated heterocycles. The van der Waals surface area contributed by atoms with E-state index in [9.17, 15) is 4.79 Å². The second-order valence-electron chi connectivity index (χ2n) is 4.64. The third-order valence-electron chi connectivity index (χ3n) is 3.17. The highest BCUT2D eigenvalue weighted by Gasteiger charge is 2.23. The Morgan fingerprint density at radius 2 is 2.27 bits per heavy atom. The van der Waals surface area contributed by atoms with Gasteiger partial charge in [-0.1, -0.05) is 6.42 Å². The molecule has 1 rings (SSSR count). The van der Waals surface area contributed by atoms with Gasteiger partial charge in [0.25, 0.3) is 0 Å². The maximum absolute atomic E-state index is 11.6. The minimum Gasteiger partial charge on any atom is -0.343 e. The normalized spacial score (nSPS) is 24.9. The number of amides is 1. The number of hydrogen-bond donors (Lipinski definition) is 1. The van der Waals surface area contributed by atoms with Gasteiger partial charge in [-0.25, -0.2) is 0 Å². The molecule has 2 N–H and O–H groups in total. The number of likely N-dealkylation sites (tertiary alicyclic amines) is 1. The van der Waals surface area contributed by atoms with Gasteiger partial charge in [0.15, 0.2) is 0 Å². The van der Waals surface area contributed by atoms with E-state index in [1.54, 1.807) is 11.8 Å². The van der Waals surface area contributed by atoms with Gasteiger partial charge in [-0.3, -0.25) is 4.79 Å². The Labute approximate surface area is 92.4 Å². The van der Waals surface area contributed by atoms with E-state index >= 15 is 0 Å². The summed E-state index contributed by atoms with van der Waals surface area (Å²) in [6.07, 6.45) is 3.74. The molecule has 0 saturated carbocycles. The highest BCUT2D eigenvalue weighted by Crippen LogP contribution is 2.15. The van der Waals surface area contributed by atoms with Crippen LogP contribution in [0.4, 0.5) is 0 Å². The summed E-state index contributed by atoms with van der Waals surface area (Å²) in [5.41, 5.74) is 5.57. The number of carbonyl (C=O) groups excluding carboxylic acids is 1. The molecular weight excluding hydrogens is 190 g/mol. The zero-order valence-corrected chi connectivity index (χ0v) is 10.1. The molecule has 1 heterocycles. The molecule has 1 fully saturated rings. The van der Waals surface area contributed by atoms with Gasteiger partial charge < -0.3 is 15.5 Å². The van der Waals surface area contributed by atoms with Gasteiger partial charge in [0.05, 0.1) is 6.04 Å². The van der Waals surface area contributed by atoms with E-state index in [-0.39, 0.29) is 11.9 Å². The summed E-state index contributed by atoms with van der Waals surface area (Å²) in [6, 6.07) is 0.121. The van der Waals surface area contributed by atoms with E-state index in [0.717, 1.165) is 13.1 Å². The average molecular weight is 213 g/mol. The molecule has 0 bridgehead atoms. The Kier molecular flexibility index (Phi) is 4.54. The molecule has 0 aromatic heterocycles. The van der Waals surface area contributed by atoms with Gasteiger partial charge in [-0.15, -0.1) is 0 Å². The van der Waals surface area contributed by atoms with Crippen molar-refractivity contribution in [3.8, 4) is 0 Å².